The van der Waals surface area contributed by atoms with Crippen molar-refractivity contribution in [3.8, 4) is 45.3 Å². The Morgan fingerprint density at radius 1 is 0.415 bits per heavy atom. The van der Waals surface area contributed by atoms with Gasteiger partial charge in [0.05, 0.1) is 11.4 Å². The molecule has 5 heteroatoms. The van der Waals surface area contributed by atoms with E-state index in [-0.39, 0.29) is 6.17 Å². The van der Waals surface area contributed by atoms with Gasteiger partial charge in [-0.3, -0.25) is 0 Å². The number of nitrogens with zero attached hydrogens (tertiary/aromatic N) is 4. The molecule has 0 bridgehead atoms. The van der Waals surface area contributed by atoms with Crippen LogP contribution >= 0.6 is 0 Å². The number of para-hydroxylation sites is 1. The van der Waals surface area contributed by atoms with Crippen molar-refractivity contribution in [3.05, 3.63) is 194 Å². The molecule has 250 valence electrons. The van der Waals surface area contributed by atoms with Crippen LogP contribution in [-0.4, -0.2) is 15.0 Å². The van der Waals surface area contributed by atoms with Crippen molar-refractivity contribution in [2.75, 3.05) is 10.2 Å². The summed E-state index contributed by atoms with van der Waals surface area (Å²) in [4.78, 5) is 17.3. The molecule has 8 aromatic carbocycles. The van der Waals surface area contributed by atoms with Gasteiger partial charge >= 0.3 is 0 Å². The Hall–Kier alpha value is -7.11. The Morgan fingerprint density at radius 3 is 1.60 bits per heavy atom. The summed E-state index contributed by atoms with van der Waals surface area (Å²) in [7, 11) is 0. The van der Waals surface area contributed by atoms with E-state index in [1.165, 1.54) is 32.8 Å². The predicted molar refractivity (Wildman–Crippen MR) is 218 cm³/mol. The molecule has 53 heavy (non-hydrogen) atoms. The maximum atomic E-state index is 5.00. The van der Waals surface area contributed by atoms with E-state index in [0.717, 1.165) is 39.2 Å². The van der Waals surface area contributed by atoms with Gasteiger partial charge < -0.3 is 10.2 Å². The summed E-state index contributed by atoms with van der Waals surface area (Å²) >= 11 is 0. The average Bonchev–Trinajstić information content (AvgIpc) is 3.64. The van der Waals surface area contributed by atoms with Crippen molar-refractivity contribution in [2.45, 2.75) is 6.17 Å². The van der Waals surface area contributed by atoms with Crippen LogP contribution in [0.1, 0.15) is 11.7 Å². The van der Waals surface area contributed by atoms with E-state index in [9.17, 15) is 0 Å². The third-order valence-electron chi connectivity index (χ3n) is 10.1. The maximum absolute atomic E-state index is 5.00. The zero-order chi connectivity index (χ0) is 35.1. The van der Waals surface area contributed by atoms with Crippen molar-refractivity contribution in [1.29, 1.82) is 0 Å². The molecule has 0 saturated carbocycles. The van der Waals surface area contributed by atoms with E-state index in [1.807, 2.05) is 60.7 Å². The van der Waals surface area contributed by atoms with Crippen molar-refractivity contribution in [2.24, 2.45) is 0 Å². The Morgan fingerprint density at radius 2 is 0.925 bits per heavy atom. The van der Waals surface area contributed by atoms with Gasteiger partial charge in [0, 0.05) is 27.8 Å². The summed E-state index contributed by atoms with van der Waals surface area (Å²) in [6.07, 6.45) is -0.0452. The minimum absolute atomic E-state index is 0.0452. The Bertz CT molecular complexity index is 2690. The predicted octanol–water partition coefficient (Wildman–Crippen LogP) is 12.1. The lowest BCUT2D eigenvalue weighted by molar-refractivity contribution is 0.830. The van der Waals surface area contributed by atoms with E-state index < -0.39 is 0 Å². The summed E-state index contributed by atoms with van der Waals surface area (Å²) in [5.41, 5.74) is 9.71. The summed E-state index contributed by atoms with van der Waals surface area (Å²) in [5, 5.41) is 8.69. The first kappa shape index (κ1) is 30.7. The molecule has 2 heterocycles. The smallest absolute Gasteiger partial charge is 0.164 e. The highest BCUT2D eigenvalue weighted by Crippen LogP contribution is 2.51. The average molecular weight is 680 g/mol. The van der Waals surface area contributed by atoms with E-state index in [0.29, 0.717) is 17.5 Å². The normalized spacial score (nSPS) is 13.6. The van der Waals surface area contributed by atoms with Crippen molar-refractivity contribution in [3.63, 3.8) is 0 Å². The van der Waals surface area contributed by atoms with Crippen LogP contribution in [-0.2, 0) is 0 Å². The first-order valence-electron chi connectivity index (χ1n) is 17.9. The molecule has 1 unspecified atom stereocenters. The fourth-order valence-corrected chi connectivity index (χ4v) is 7.52. The number of hydrogen-bond acceptors (Lipinski definition) is 5. The lowest BCUT2D eigenvalue weighted by atomic mass is 9.95. The van der Waals surface area contributed by atoms with Gasteiger partial charge in [0.2, 0.25) is 0 Å². The minimum atomic E-state index is -0.0452. The van der Waals surface area contributed by atoms with Crippen LogP contribution in [0, 0.1) is 0 Å². The van der Waals surface area contributed by atoms with Crippen molar-refractivity contribution < 1.29 is 0 Å². The number of aromatic nitrogens is 3. The molecular formula is C48H33N5. The molecular weight excluding hydrogens is 647 g/mol. The minimum Gasteiger partial charge on any atom is -0.359 e. The van der Waals surface area contributed by atoms with Crippen LogP contribution in [0.25, 0.3) is 66.8 Å². The van der Waals surface area contributed by atoms with Gasteiger partial charge in [-0.15, -0.1) is 0 Å². The summed E-state index contributed by atoms with van der Waals surface area (Å²) in [6, 6.07) is 65.9. The molecule has 0 amide bonds. The number of nitrogens with one attached hydrogen (secondary N) is 1. The molecule has 1 N–H and O–H groups in total. The third-order valence-corrected chi connectivity index (χ3v) is 10.1. The molecule has 1 aliphatic heterocycles. The highest BCUT2D eigenvalue weighted by Gasteiger charge is 2.33. The van der Waals surface area contributed by atoms with Gasteiger partial charge in [-0.1, -0.05) is 158 Å². The molecule has 10 rings (SSSR count). The van der Waals surface area contributed by atoms with Gasteiger partial charge in [-0.25, -0.2) is 15.0 Å². The molecule has 5 nitrogen and oxygen atoms in total. The Labute approximate surface area is 307 Å². The third kappa shape index (κ3) is 5.56. The molecule has 0 saturated heterocycles. The SMILES string of the molecule is c1ccc(-c2nc(-c3ccccc3)nc(-c3cccc(-c4ccc5ccc6ccc7c(c6c5c4)N(c4ccccc4)C(c4ccccc4)N7)c3)n2)cc1. The van der Waals surface area contributed by atoms with E-state index in [2.05, 4.69) is 138 Å². The van der Waals surface area contributed by atoms with E-state index in [4.69, 9.17) is 15.0 Å². The van der Waals surface area contributed by atoms with Gasteiger partial charge in [-0.2, -0.15) is 0 Å². The zero-order valence-corrected chi connectivity index (χ0v) is 28.8. The number of rotatable bonds is 6. The second-order valence-corrected chi connectivity index (χ2v) is 13.3. The topological polar surface area (TPSA) is 53.9 Å². The first-order valence-corrected chi connectivity index (χ1v) is 17.9. The maximum Gasteiger partial charge on any atom is 0.164 e. The number of hydrogen-bond donors (Lipinski definition) is 1. The fourth-order valence-electron chi connectivity index (χ4n) is 7.52. The van der Waals surface area contributed by atoms with Gasteiger partial charge in [0.15, 0.2) is 17.5 Å². The van der Waals surface area contributed by atoms with Gasteiger partial charge in [0.1, 0.15) is 6.17 Å². The van der Waals surface area contributed by atoms with Crippen LogP contribution in [0.3, 0.4) is 0 Å². The first-order chi connectivity index (χ1) is 26.3. The largest absolute Gasteiger partial charge is 0.359 e. The monoisotopic (exact) mass is 679 g/mol. The Kier molecular flexibility index (Phi) is 7.47. The molecule has 0 radical (unpaired) electrons. The molecule has 0 aliphatic carbocycles. The van der Waals surface area contributed by atoms with Crippen LogP contribution in [0.5, 0.6) is 0 Å². The second-order valence-electron chi connectivity index (χ2n) is 13.3. The van der Waals surface area contributed by atoms with Gasteiger partial charge in [-0.05, 0) is 63.2 Å². The van der Waals surface area contributed by atoms with Gasteiger partial charge in [0.25, 0.3) is 0 Å². The highest BCUT2D eigenvalue weighted by molar-refractivity contribution is 6.18. The second kappa shape index (κ2) is 12.9. The molecule has 1 aromatic heterocycles. The molecule has 0 fully saturated rings. The lowest BCUT2D eigenvalue weighted by Gasteiger charge is -2.28. The standard InChI is InChI=1S/C48H33N5/c1-5-14-34(15-6-1)45-50-46(35-16-7-2-8-17-35)52-47(51-45)39-21-13-20-37(30-39)38-27-25-32-24-26-33-28-29-42-44(43(33)41(32)31-38)53(40-22-11-4-12-23-40)48(49-42)36-18-9-3-10-19-36/h1-31,48-49H. The van der Waals surface area contributed by atoms with Crippen LogP contribution < -0.4 is 10.2 Å². The van der Waals surface area contributed by atoms with Crippen LogP contribution in [0.15, 0.2) is 188 Å². The van der Waals surface area contributed by atoms with Crippen LogP contribution in [0.2, 0.25) is 0 Å². The summed E-state index contributed by atoms with van der Waals surface area (Å²) < 4.78 is 0. The quantitative estimate of drug-likeness (QED) is 0.177. The molecule has 9 aromatic rings. The van der Waals surface area contributed by atoms with Crippen LogP contribution in [0.4, 0.5) is 17.1 Å². The number of fused-ring (bicyclic) bond motifs is 5. The highest BCUT2D eigenvalue weighted by atomic mass is 15.3. The number of benzene rings is 8. The molecule has 0 spiro atoms. The van der Waals surface area contributed by atoms with Crippen molar-refractivity contribution >= 4 is 38.6 Å². The molecule has 1 atom stereocenters. The van der Waals surface area contributed by atoms with E-state index in [1.54, 1.807) is 0 Å². The summed E-state index contributed by atoms with van der Waals surface area (Å²) in [6.45, 7) is 0. The zero-order valence-electron chi connectivity index (χ0n) is 28.8. The Balaban J connectivity index is 1.13. The molecule has 1 aliphatic rings. The van der Waals surface area contributed by atoms with E-state index >= 15 is 0 Å². The number of anilines is 3. The summed E-state index contributed by atoms with van der Waals surface area (Å²) in [5.74, 6) is 1.94. The van der Waals surface area contributed by atoms with Crippen molar-refractivity contribution in [1.82, 2.24) is 15.0 Å². The fraction of sp³-hybridized carbons (Fsp3) is 0.0208. The lowest BCUT2D eigenvalue weighted by Crippen LogP contribution is -2.23.